The third kappa shape index (κ3) is 5.67. The highest BCUT2D eigenvalue weighted by Crippen LogP contribution is 2.18. The van der Waals surface area contributed by atoms with E-state index in [9.17, 15) is 14.4 Å². The van der Waals surface area contributed by atoms with E-state index in [1.54, 1.807) is 36.5 Å². The Morgan fingerprint density at radius 1 is 1.03 bits per heavy atom. The van der Waals surface area contributed by atoms with Gasteiger partial charge in [-0.15, -0.1) is 0 Å². The number of aromatic nitrogens is 1. The van der Waals surface area contributed by atoms with E-state index in [-0.39, 0.29) is 24.8 Å². The van der Waals surface area contributed by atoms with Gasteiger partial charge in [0.1, 0.15) is 11.8 Å². The second-order valence-corrected chi connectivity index (χ2v) is 8.31. The summed E-state index contributed by atoms with van der Waals surface area (Å²) in [6.45, 7) is 3.94. The van der Waals surface area contributed by atoms with E-state index in [0.717, 1.165) is 36.5 Å². The average Bonchev–Trinajstić information content (AvgIpc) is 3.11. The minimum Gasteiger partial charge on any atom is -0.497 e. The molecule has 3 heterocycles. The fourth-order valence-electron chi connectivity index (χ4n) is 4.14. The quantitative estimate of drug-likeness (QED) is 0.608. The highest BCUT2D eigenvalue weighted by Gasteiger charge is 2.39. The number of piperazine rings is 1. The van der Waals surface area contributed by atoms with E-state index >= 15 is 0 Å². The van der Waals surface area contributed by atoms with Crippen molar-refractivity contribution in [1.82, 2.24) is 25.0 Å². The Bertz CT molecular complexity index is 974. The first-order valence-electron chi connectivity index (χ1n) is 11.2. The van der Waals surface area contributed by atoms with Crippen molar-refractivity contribution in [2.75, 3.05) is 39.8 Å². The number of nitrogens with zero attached hydrogens (tertiary/aromatic N) is 4. The Morgan fingerprint density at radius 2 is 1.73 bits per heavy atom. The third-order valence-corrected chi connectivity index (χ3v) is 6.18. The van der Waals surface area contributed by atoms with Crippen LogP contribution >= 0.6 is 0 Å². The van der Waals surface area contributed by atoms with Crippen molar-refractivity contribution >= 4 is 17.8 Å². The van der Waals surface area contributed by atoms with E-state index in [2.05, 4.69) is 15.2 Å². The van der Waals surface area contributed by atoms with Crippen LogP contribution in [0.5, 0.6) is 5.75 Å². The van der Waals surface area contributed by atoms with Gasteiger partial charge < -0.3 is 15.0 Å². The standard InChI is InChI=1S/C24H29N5O4/c1-33-20-4-2-19(3-5-20)17-29-23(31)21(26-24(29)32)16-22(30)28-14-12-27(13-15-28)11-8-18-6-9-25-10-7-18/h2-7,9-10,21H,8,11-17H2,1H3,(H,26,32). The molecule has 2 fully saturated rings. The van der Waals surface area contributed by atoms with Gasteiger partial charge in [0.25, 0.3) is 5.91 Å². The van der Waals surface area contributed by atoms with Gasteiger partial charge in [0.2, 0.25) is 5.91 Å². The van der Waals surface area contributed by atoms with E-state index < -0.39 is 12.1 Å². The Labute approximate surface area is 193 Å². The molecule has 4 rings (SSSR count). The minimum absolute atomic E-state index is 0.0132. The van der Waals surface area contributed by atoms with Gasteiger partial charge in [0, 0.05) is 45.1 Å². The first-order chi connectivity index (χ1) is 16.0. The number of hydrogen-bond donors (Lipinski definition) is 1. The molecular weight excluding hydrogens is 422 g/mol. The summed E-state index contributed by atoms with van der Waals surface area (Å²) in [4.78, 5) is 47.2. The highest BCUT2D eigenvalue weighted by molar-refractivity contribution is 6.05. The molecule has 4 amide bonds. The lowest BCUT2D eigenvalue weighted by Crippen LogP contribution is -2.50. The monoisotopic (exact) mass is 451 g/mol. The van der Waals surface area contributed by atoms with Gasteiger partial charge in [-0.2, -0.15) is 0 Å². The van der Waals surface area contributed by atoms with E-state index in [0.29, 0.717) is 18.8 Å². The van der Waals surface area contributed by atoms with Crippen molar-refractivity contribution in [2.45, 2.75) is 25.4 Å². The minimum atomic E-state index is -0.812. The van der Waals surface area contributed by atoms with E-state index in [1.807, 2.05) is 24.3 Å². The number of ether oxygens (including phenoxy) is 1. The molecule has 33 heavy (non-hydrogen) atoms. The third-order valence-electron chi connectivity index (χ3n) is 6.18. The number of hydrogen-bond acceptors (Lipinski definition) is 6. The Kier molecular flexibility index (Phi) is 7.19. The van der Waals surface area contributed by atoms with Crippen LogP contribution in [0.2, 0.25) is 0 Å². The normalized spacial score (nSPS) is 19.0. The van der Waals surface area contributed by atoms with Gasteiger partial charge in [-0.1, -0.05) is 12.1 Å². The Balaban J connectivity index is 1.24. The topological polar surface area (TPSA) is 95.1 Å². The molecule has 0 aliphatic carbocycles. The van der Waals surface area contributed by atoms with Crippen LogP contribution in [0.25, 0.3) is 0 Å². The van der Waals surface area contributed by atoms with Gasteiger partial charge in [0.15, 0.2) is 0 Å². The van der Waals surface area contributed by atoms with Crippen LogP contribution in [0.3, 0.4) is 0 Å². The zero-order chi connectivity index (χ0) is 23.2. The predicted molar refractivity (Wildman–Crippen MR) is 121 cm³/mol. The van der Waals surface area contributed by atoms with Crippen LogP contribution in [0.15, 0.2) is 48.8 Å². The molecule has 174 valence electrons. The molecular formula is C24H29N5O4. The van der Waals surface area contributed by atoms with Gasteiger partial charge in [-0.05, 0) is 41.8 Å². The maximum atomic E-state index is 12.8. The molecule has 2 aliphatic heterocycles. The number of pyridine rings is 1. The summed E-state index contributed by atoms with van der Waals surface area (Å²) in [5, 5.41) is 2.66. The van der Waals surface area contributed by atoms with Crippen LogP contribution in [-0.4, -0.2) is 83.4 Å². The molecule has 1 aromatic carbocycles. The first-order valence-corrected chi connectivity index (χ1v) is 11.2. The largest absolute Gasteiger partial charge is 0.497 e. The Morgan fingerprint density at radius 3 is 2.39 bits per heavy atom. The molecule has 0 saturated carbocycles. The van der Waals surface area contributed by atoms with Gasteiger partial charge in [0.05, 0.1) is 20.1 Å². The summed E-state index contributed by atoms with van der Waals surface area (Å²) in [7, 11) is 1.58. The first kappa shape index (κ1) is 22.7. The van der Waals surface area contributed by atoms with Crippen molar-refractivity contribution in [3.63, 3.8) is 0 Å². The molecule has 0 spiro atoms. The molecule has 1 N–H and O–H groups in total. The second kappa shape index (κ2) is 10.4. The number of carbonyl (C=O) groups is 3. The summed E-state index contributed by atoms with van der Waals surface area (Å²) in [6.07, 6.45) is 4.53. The molecule has 9 nitrogen and oxygen atoms in total. The molecule has 1 aromatic heterocycles. The average molecular weight is 452 g/mol. The zero-order valence-corrected chi connectivity index (χ0v) is 18.8. The van der Waals surface area contributed by atoms with Crippen LogP contribution in [0.1, 0.15) is 17.5 Å². The maximum Gasteiger partial charge on any atom is 0.325 e. The molecule has 0 bridgehead atoms. The van der Waals surface area contributed by atoms with Crippen LogP contribution < -0.4 is 10.1 Å². The number of carbonyl (C=O) groups excluding carboxylic acids is 3. The lowest BCUT2D eigenvalue weighted by Gasteiger charge is -2.35. The molecule has 2 aromatic rings. The number of imide groups is 1. The number of amides is 4. The second-order valence-electron chi connectivity index (χ2n) is 8.31. The Hall–Kier alpha value is -3.46. The van der Waals surface area contributed by atoms with Gasteiger partial charge >= 0.3 is 6.03 Å². The lowest BCUT2D eigenvalue weighted by molar-refractivity contribution is -0.137. The molecule has 1 atom stereocenters. The van der Waals surface area contributed by atoms with Crippen molar-refractivity contribution in [2.24, 2.45) is 0 Å². The summed E-state index contributed by atoms with van der Waals surface area (Å²) in [5.41, 5.74) is 2.06. The molecule has 2 saturated heterocycles. The zero-order valence-electron chi connectivity index (χ0n) is 18.8. The molecule has 9 heteroatoms. The van der Waals surface area contributed by atoms with Crippen molar-refractivity contribution in [1.29, 1.82) is 0 Å². The predicted octanol–water partition coefficient (Wildman–Crippen LogP) is 1.29. The number of methoxy groups -OCH3 is 1. The number of benzene rings is 1. The summed E-state index contributed by atoms with van der Waals surface area (Å²) >= 11 is 0. The summed E-state index contributed by atoms with van der Waals surface area (Å²) in [6, 6.07) is 9.95. The highest BCUT2D eigenvalue weighted by atomic mass is 16.5. The lowest BCUT2D eigenvalue weighted by atomic mass is 10.1. The van der Waals surface area contributed by atoms with Crippen LogP contribution in [0.4, 0.5) is 4.79 Å². The van der Waals surface area contributed by atoms with E-state index in [1.165, 1.54) is 5.56 Å². The van der Waals surface area contributed by atoms with Crippen molar-refractivity contribution in [3.05, 3.63) is 59.9 Å². The summed E-state index contributed by atoms with van der Waals surface area (Å²) < 4.78 is 5.13. The van der Waals surface area contributed by atoms with Crippen LogP contribution in [0, 0.1) is 0 Å². The number of nitrogens with one attached hydrogen (secondary N) is 1. The summed E-state index contributed by atoms with van der Waals surface area (Å²) in [5.74, 6) is 0.241. The number of rotatable bonds is 8. The van der Waals surface area contributed by atoms with Crippen molar-refractivity contribution < 1.29 is 19.1 Å². The fraction of sp³-hybridized carbons (Fsp3) is 0.417. The van der Waals surface area contributed by atoms with Crippen molar-refractivity contribution in [3.8, 4) is 5.75 Å². The molecule has 0 radical (unpaired) electrons. The fourth-order valence-corrected chi connectivity index (χ4v) is 4.14. The van der Waals surface area contributed by atoms with Crippen LogP contribution in [-0.2, 0) is 22.6 Å². The smallest absolute Gasteiger partial charge is 0.325 e. The molecule has 1 unspecified atom stereocenters. The molecule has 2 aliphatic rings. The number of urea groups is 1. The van der Waals surface area contributed by atoms with Gasteiger partial charge in [-0.3, -0.25) is 24.4 Å². The van der Waals surface area contributed by atoms with Gasteiger partial charge in [-0.25, -0.2) is 4.79 Å². The SMILES string of the molecule is COc1ccc(CN2C(=O)NC(CC(=O)N3CCN(CCc4ccncc4)CC3)C2=O)cc1. The maximum absolute atomic E-state index is 12.8. The van der Waals surface area contributed by atoms with E-state index in [4.69, 9.17) is 4.74 Å².